The van der Waals surface area contributed by atoms with E-state index in [9.17, 15) is 14.6 Å². The van der Waals surface area contributed by atoms with Crippen molar-refractivity contribution in [2.24, 2.45) is 11.7 Å². The minimum Gasteiger partial charge on any atom is -0.481 e. The molecule has 0 bridgehead atoms. The normalized spacial score (nSPS) is 32.2. The second kappa shape index (κ2) is 8.63. The molecule has 0 unspecified atom stereocenters. The molecule has 0 aromatic heterocycles. The van der Waals surface area contributed by atoms with Crippen molar-refractivity contribution in [1.29, 1.82) is 0 Å². The van der Waals surface area contributed by atoms with E-state index in [1.807, 2.05) is 0 Å². The van der Waals surface area contributed by atoms with E-state index in [2.05, 4.69) is 5.32 Å². The lowest BCUT2D eigenvalue weighted by molar-refractivity contribution is -0.139. The molecule has 9 heteroatoms. The van der Waals surface area contributed by atoms with Gasteiger partial charge in [0.05, 0.1) is 31.7 Å². The summed E-state index contributed by atoms with van der Waals surface area (Å²) >= 11 is 0. The molecule has 2 rings (SSSR count). The summed E-state index contributed by atoms with van der Waals surface area (Å²) in [4.78, 5) is 22.8. The Morgan fingerprint density at radius 3 is 2.52 bits per heavy atom. The van der Waals surface area contributed by atoms with Gasteiger partial charge in [0.25, 0.3) is 0 Å². The highest BCUT2D eigenvalue weighted by Gasteiger charge is 2.35. The van der Waals surface area contributed by atoms with Gasteiger partial charge in [0.1, 0.15) is 0 Å². The molecule has 130 valence electrons. The molecule has 1 saturated heterocycles. The van der Waals surface area contributed by atoms with Crippen LogP contribution in [0.15, 0.2) is 0 Å². The van der Waals surface area contributed by atoms with Crippen LogP contribution in [0.4, 0.5) is 0 Å². The first-order valence-electron chi connectivity index (χ1n) is 8.12. The molecule has 1 aliphatic heterocycles. The van der Waals surface area contributed by atoms with Gasteiger partial charge in [-0.05, 0) is 31.6 Å². The third-order valence-corrected chi connectivity index (χ3v) is 4.39. The number of carboxylic acid groups (broad SMARTS) is 1. The fraction of sp³-hybridized carbons (Fsp3) is 0.857. The summed E-state index contributed by atoms with van der Waals surface area (Å²) in [5, 5.41) is 21.5. The standard InChI is InChI=1S/C14H25BN2O6/c16-10-3-1-9(2-4-10)5-13(18)17-12-8-22-7-11(6-14(19)20)23-15(12)21/h9-12,21H,1-8,16H2,(H,17,18)(H,19,20)/t9?,10?,11-,12-/m0/s1. The fourth-order valence-corrected chi connectivity index (χ4v) is 3.08. The molecule has 1 aliphatic carbocycles. The van der Waals surface area contributed by atoms with Crippen molar-refractivity contribution < 1.29 is 29.1 Å². The molecule has 2 fully saturated rings. The quantitative estimate of drug-likeness (QED) is 0.490. The van der Waals surface area contributed by atoms with Gasteiger partial charge in [-0.25, -0.2) is 0 Å². The van der Waals surface area contributed by atoms with Gasteiger partial charge in [0.2, 0.25) is 5.91 Å². The predicted molar refractivity (Wildman–Crippen MR) is 82.4 cm³/mol. The van der Waals surface area contributed by atoms with Crippen LogP contribution in [0.5, 0.6) is 0 Å². The minimum absolute atomic E-state index is 0.0796. The van der Waals surface area contributed by atoms with Crippen molar-refractivity contribution in [1.82, 2.24) is 5.32 Å². The molecule has 1 amide bonds. The molecule has 8 nitrogen and oxygen atoms in total. The Morgan fingerprint density at radius 2 is 1.87 bits per heavy atom. The van der Waals surface area contributed by atoms with E-state index >= 15 is 0 Å². The van der Waals surface area contributed by atoms with E-state index in [0.29, 0.717) is 12.3 Å². The SMILES string of the molecule is NC1CCC(CC(=O)N[C@H]2COC[C@H](CC(=O)O)OB2O)CC1. The third kappa shape index (κ3) is 6.10. The maximum absolute atomic E-state index is 12.1. The third-order valence-electron chi connectivity index (χ3n) is 4.39. The number of aliphatic carboxylic acids is 1. The number of ether oxygens (including phenoxy) is 1. The van der Waals surface area contributed by atoms with Crippen molar-refractivity contribution >= 4 is 19.0 Å². The minimum atomic E-state index is -1.27. The van der Waals surface area contributed by atoms with Gasteiger partial charge in [0.15, 0.2) is 0 Å². The maximum Gasteiger partial charge on any atom is 0.480 e. The van der Waals surface area contributed by atoms with Crippen molar-refractivity contribution in [3.63, 3.8) is 0 Å². The second-order valence-corrected chi connectivity index (χ2v) is 6.44. The van der Waals surface area contributed by atoms with Crippen LogP contribution >= 0.6 is 0 Å². The summed E-state index contributed by atoms with van der Waals surface area (Å²) in [6.45, 7) is 0.175. The summed E-state index contributed by atoms with van der Waals surface area (Å²) in [6.07, 6.45) is 3.18. The zero-order valence-electron chi connectivity index (χ0n) is 13.1. The van der Waals surface area contributed by atoms with Crippen molar-refractivity contribution in [3.8, 4) is 0 Å². The molecule has 0 aromatic rings. The monoisotopic (exact) mass is 328 g/mol. The zero-order valence-corrected chi connectivity index (χ0v) is 13.1. The Labute approximate surface area is 135 Å². The van der Waals surface area contributed by atoms with Gasteiger partial charge >= 0.3 is 13.1 Å². The number of amides is 1. The molecule has 5 N–H and O–H groups in total. The molecule has 0 spiro atoms. The molecular formula is C14H25BN2O6. The maximum atomic E-state index is 12.1. The van der Waals surface area contributed by atoms with Crippen LogP contribution in [0.3, 0.4) is 0 Å². The molecule has 2 aliphatic rings. The molecule has 2 atom stereocenters. The number of hydrogen-bond acceptors (Lipinski definition) is 6. The molecule has 1 heterocycles. The molecule has 0 aromatic carbocycles. The Bertz CT molecular complexity index is 416. The van der Waals surface area contributed by atoms with Crippen LogP contribution in [0.1, 0.15) is 38.5 Å². The Balaban J connectivity index is 1.77. The van der Waals surface area contributed by atoms with E-state index in [0.717, 1.165) is 25.7 Å². The predicted octanol–water partition coefficient (Wildman–Crippen LogP) is -0.711. The highest BCUT2D eigenvalue weighted by atomic mass is 16.6. The fourth-order valence-electron chi connectivity index (χ4n) is 3.08. The number of carboxylic acids is 1. The smallest absolute Gasteiger partial charge is 0.480 e. The average Bonchev–Trinajstić information content (AvgIpc) is 2.63. The van der Waals surface area contributed by atoms with E-state index in [-0.39, 0.29) is 31.6 Å². The molecule has 23 heavy (non-hydrogen) atoms. The molecular weight excluding hydrogens is 303 g/mol. The van der Waals surface area contributed by atoms with Crippen LogP contribution in [-0.2, 0) is 19.0 Å². The Morgan fingerprint density at radius 1 is 1.17 bits per heavy atom. The van der Waals surface area contributed by atoms with Crippen LogP contribution in [0.2, 0.25) is 0 Å². The van der Waals surface area contributed by atoms with Crippen molar-refractivity contribution in [2.75, 3.05) is 13.2 Å². The number of carbonyl (C=O) groups excluding carboxylic acids is 1. The Hall–Kier alpha value is -1.16. The number of rotatable bonds is 5. The molecule has 0 radical (unpaired) electrons. The lowest BCUT2D eigenvalue weighted by Crippen LogP contribution is -2.50. The van der Waals surface area contributed by atoms with E-state index in [4.69, 9.17) is 20.2 Å². The summed E-state index contributed by atoms with van der Waals surface area (Å²) in [5.74, 6) is -1.55. The number of nitrogens with one attached hydrogen (secondary N) is 1. The van der Waals surface area contributed by atoms with Gasteiger partial charge in [-0.3, -0.25) is 9.59 Å². The topological polar surface area (TPSA) is 131 Å². The van der Waals surface area contributed by atoms with E-state index < -0.39 is 25.1 Å². The number of nitrogens with two attached hydrogens (primary N) is 1. The first kappa shape index (κ1) is 18.2. The van der Waals surface area contributed by atoms with E-state index in [1.165, 1.54) is 0 Å². The largest absolute Gasteiger partial charge is 0.481 e. The Kier molecular flexibility index (Phi) is 6.82. The summed E-state index contributed by atoms with van der Waals surface area (Å²) in [7, 11) is -1.27. The van der Waals surface area contributed by atoms with Gasteiger partial charge in [0, 0.05) is 12.5 Å². The van der Waals surface area contributed by atoms with E-state index in [1.54, 1.807) is 0 Å². The van der Waals surface area contributed by atoms with Gasteiger partial charge in [-0.15, -0.1) is 0 Å². The highest BCUT2D eigenvalue weighted by Crippen LogP contribution is 2.25. The number of carbonyl (C=O) groups is 2. The van der Waals surface area contributed by atoms with Gasteiger partial charge in [-0.2, -0.15) is 0 Å². The van der Waals surface area contributed by atoms with Crippen LogP contribution in [-0.4, -0.2) is 60.4 Å². The second-order valence-electron chi connectivity index (χ2n) is 6.44. The van der Waals surface area contributed by atoms with Crippen LogP contribution in [0, 0.1) is 5.92 Å². The lowest BCUT2D eigenvalue weighted by atomic mass is 9.78. The average molecular weight is 328 g/mol. The van der Waals surface area contributed by atoms with Crippen molar-refractivity contribution in [2.45, 2.75) is 56.6 Å². The van der Waals surface area contributed by atoms with Crippen molar-refractivity contribution in [3.05, 3.63) is 0 Å². The first-order chi connectivity index (χ1) is 10.9. The van der Waals surface area contributed by atoms with Crippen LogP contribution < -0.4 is 11.1 Å². The summed E-state index contributed by atoms with van der Waals surface area (Å²) < 4.78 is 10.6. The molecule has 1 saturated carbocycles. The first-order valence-corrected chi connectivity index (χ1v) is 8.12. The van der Waals surface area contributed by atoms with Crippen LogP contribution in [0.25, 0.3) is 0 Å². The lowest BCUT2D eigenvalue weighted by Gasteiger charge is -2.26. The zero-order chi connectivity index (χ0) is 16.8. The summed E-state index contributed by atoms with van der Waals surface area (Å²) in [6, 6.07) is 0.242. The summed E-state index contributed by atoms with van der Waals surface area (Å²) in [5.41, 5.74) is 5.85. The number of hydrogen-bond donors (Lipinski definition) is 4. The van der Waals surface area contributed by atoms with Gasteiger partial charge in [-0.1, -0.05) is 0 Å². The highest BCUT2D eigenvalue weighted by molar-refractivity contribution is 6.45. The van der Waals surface area contributed by atoms with Gasteiger partial charge < -0.3 is 30.6 Å².